The van der Waals surface area contributed by atoms with Crippen LogP contribution < -0.4 is 0 Å². The van der Waals surface area contributed by atoms with Gasteiger partial charge in [0.1, 0.15) is 0 Å². The Labute approximate surface area is 104 Å². The quantitative estimate of drug-likeness (QED) is 0.597. The number of rotatable bonds is 6. The van der Waals surface area contributed by atoms with E-state index < -0.39 is 11.9 Å². The highest BCUT2D eigenvalue weighted by Gasteiger charge is 2.19. The Morgan fingerprint density at radius 3 is 2.56 bits per heavy atom. The van der Waals surface area contributed by atoms with E-state index in [-0.39, 0.29) is 11.1 Å². The molecule has 0 aliphatic carbocycles. The van der Waals surface area contributed by atoms with Crippen molar-refractivity contribution in [2.24, 2.45) is 0 Å². The van der Waals surface area contributed by atoms with Crippen molar-refractivity contribution in [2.75, 3.05) is 6.61 Å². The molecule has 0 saturated carbocycles. The monoisotopic (exact) mass is 250 g/mol. The van der Waals surface area contributed by atoms with Crippen LogP contribution in [0.15, 0.2) is 30.5 Å². The lowest BCUT2D eigenvalue weighted by atomic mass is 9.99. The van der Waals surface area contributed by atoms with Crippen LogP contribution in [0.2, 0.25) is 0 Å². The fraction of sp³-hybridized carbons (Fsp3) is 0.231. The van der Waals surface area contributed by atoms with Crippen LogP contribution >= 0.6 is 0 Å². The maximum atomic E-state index is 11.1. The number of carboxylic acid groups (broad SMARTS) is 2. The number of ether oxygens (including phenoxy) is 1. The molecule has 96 valence electrons. The number of hydrogen-bond donors (Lipinski definition) is 2. The van der Waals surface area contributed by atoms with E-state index in [4.69, 9.17) is 14.9 Å². The molecule has 0 saturated heterocycles. The Hall–Kier alpha value is -2.30. The molecule has 0 unspecified atom stereocenters. The van der Waals surface area contributed by atoms with Gasteiger partial charge in [-0.2, -0.15) is 0 Å². The molecule has 0 aromatic heterocycles. The van der Waals surface area contributed by atoms with E-state index >= 15 is 0 Å². The van der Waals surface area contributed by atoms with Crippen molar-refractivity contribution in [1.82, 2.24) is 0 Å². The van der Waals surface area contributed by atoms with Crippen LogP contribution in [0.3, 0.4) is 0 Å². The summed E-state index contributed by atoms with van der Waals surface area (Å²) in [5.41, 5.74) is 0.0759. The summed E-state index contributed by atoms with van der Waals surface area (Å²) >= 11 is 0. The van der Waals surface area contributed by atoms with Crippen LogP contribution in [-0.4, -0.2) is 28.8 Å². The summed E-state index contributed by atoms with van der Waals surface area (Å²) in [5, 5.41) is 18.0. The van der Waals surface area contributed by atoms with Crippen molar-refractivity contribution in [1.29, 1.82) is 0 Å². The van der Waals surface area contributed by atoms with E-state index in [0.29, 0.717) is 18.6 Å². The highest BCUT2D eigenvalue weighted by atomic mass is 16.5. The first-order valence-corrected chi connectivity index (χ1v) is 5.39. The van der Waals surface area contributed by atoms with Gasteiger partial charge in [0.05, 0.1) is 24.0 Å². The number of carboxylic acids is 2. The van der Waals surface area contributed by atoms with Gasteiger partial charge in [-0.25, -0.2) is 9.59 Å². The molecule has 0 atom stereocenters. The average molecular weight is 250 g/mol. The topological polar surface area (TPSA) is 83.8 Å². The van der Waals surface area contributed by atoms with E-state index in [0.717, 1.165) is 0 Å². The molecule has 0 fully saturated rings. The summed E-state index contributed by atoms with van der Waals surface area (Å²) < 4.78 is 5.10. The number of hydrogen-bond acceptors (Lipinski definition) is 3. The first-order chi connectivity index (χ1) is 8.57. The first-order valence-electron chi connectivity index (χ1n) is 5.39. The maximum absolute atomic E-state index is 11.1. The Morgan fingerprint density at radius 2 is 2.00 bits per heavy atom. The van der Waals surface area contributed by atoms with Crippen molar-refractivity contribution in [3.8, 4) is 0 Å². The lowest BCUT2D eigenvalue weighted by Gasteiger charge is -2.08. The van der Waals surface area contributed by atoms with Crippen LogP contribution in [0.25, 0.3) is 0 Å². The normalized spacial score (nSPS) is 10.5. The van der Waals surface area contributed by atoms with Crippen molar-refractivity contribution < 1.29 is 24.5 Å². The molecule has 5 heteroatoms. The molecular weight excluding hydrogens is 236 g/mol. The molecule has 0 bridgehead atoms. The molecule has 2 N–H and O–H groups in total. The third kappa shape index (κ3) is 3.35. The SMILES string of the molecule is CC=COCCc1cccc(C(=O)O)c1C(=O)O. The molecule has 18 heavy (non-hydrogen) atoms. The largest absolute Gasteiger partial charge is 0.501 e. The predicted molar refractivity (Wildman–Crippen MR) is 64.8 cm³/mol. The molecule has 5 nitrogen and oxygen atoms in total. The minimum atomic E-state index is -1.25. The number of benzene rings is 1. The van der Waals surface area contributed by atoms with Gasteiger partial charge in [0.25, 0.3) is 0 Å². The van der Waals surface area contributed by atoms with Gasteiger partial charge in [0, 0.05) is 6.42 Å². The van der Waals surface area contributed by atoms with Crippen molar-refractivity contribution in [2.45, 2.75) is 13.3 Å². The number of carbonyl (C=O) groups is 2. The fourth-order valence-corrected chi connectivity index (χ4v) is 1.57. The molecule has 1 rings (SSSR count). The molecule has 1 aromatic carbocycles. The smallest absolute Gasteiger partial charge is 0.336 e. The second-order valence-corrected chi connectivity index (χ2v) is 3.54. The van der Waals surface area contributed by atoms with Gasteiger partial charge in [-0.05, 0) is 18.6 Å². The highest BCUT2D eigenvalue weighted by Crippen LogP contribution is 2.16. The van der Waals surface area contributed by atoms with Gasteiger partial charge in [0.15, 0.2) is 0 Å². The molecule has 0 spiro atoms. The third-order valence-corrected chi connectivity index (χ3v) is 2.32. The van der Waals surface area contributed by atoms with E-state index in [9.17, 15) is 9.59 Å². The van der Waals surface area contributed by atoms with Crippen LogP contribution in [0.1, 0.15) is 33.2 Å². The third-order valence-electron chi connectivity index (χ3n) is 2.32. The number of aromatic carboxylic acids is 2. The maximum Gasteiger partial charge on any atom is 0.336 e. The molecule has 0 radical (unpaired) electrons. The minimum absolute atomic E-state index is 0.172. The molecule has 1 aromatic rings. The average Bonchev–Trinajstić information content (AvgIpc) is 2.33. The molecule has 0 amide bonds. The summed E-state index contributed by atoms with van der Waals surface area (Å²) in [6.45, 7) is 2.10. The Balaban J connectivity index is 3.00. The predicted octanol–water partition coefficient (Wildman–Crippen LogP) is 2.18. The second kappa shape index (κ2) is 6.44. The second-order valence-electron chi connectivity index (χ2n) is 3.54. The van der Waals surface area contributed by atoms with E-state index in [1.165, 1.54) is 18.4 Å². The van der Waals surface area contributed by atoms with Gasteiger partial charge in [0.2, 0.25) is 0 Å². The van der Waals surface area contributed by atoms with Gasteiger partial charge < -0.3 is 14.9 Å². The van der Waals surface area contributed by atoms with Crippen molar-refractivity contribution in [3.63, 3.8) is 0 Å². The van der Waals surface area contributed by atoms with Crippen molar-refractivity contribution in [3.05, 3.63) is 47.2 Å². The van der Waals surface area contributed by atoms with Crippen LogP contribution in [-0.2, 0) is 11.2 Å². The summed E-state index contributed by atoms with van der Waals surface area (Å²) in [7, 11) is 0. The van der Waals surface area contributed by atoms with Gasteiger partial charge in [-0.1, -0.05) is 18.2 Å². The van der Waals surface area contributed by atoms with E-state index in [2.05, 4.69) is 0 Å². The molecule has 0 aliphatic heterocycles. The molecule has 0 heterocycles. The van der Waals surface area contributed by atoms with E-state index in [1.54, 1.807) is 19.1 Å². The standard InChI is InChI=1S/C13H14O5/c1-2-7-18-8-6-9-4-3-5-10(12(14)15)11(9)13(16)17/h2-5,7H,6,8H2,1H3,(H,14,15)(H,16,17). The van der Waals surface area contributed by atoms with Crippen LogP contribution in [0.4, 0.5) is 0 Å². The van der Waals surface area contributed by atoms with Crippen LogP contribution in [0.5, 0.6) is 0 Å². The summed E-state index contributed by atoms with van der Waals surface area (Å²) in [5.74, 6) is -2.49. The lowest BCUT2D eigenvalue weighted by Crippen LogP contribution is -2.12. The minimum Gasteiger partial charge on any atom is -0.501 e. The lowest BCUT2D eigenvalue weighted by molar-refractivity contribution is 0.0650. The Kier molecular flexibility index (Phi) is 4.92. The fourth-order valence-electron chi connectivity index (χ4n) is 1.57. The Morgan fingerprint density at radius 1 is 1.28 bits per heavy atom. The zero-order valence-corrected chi connectivity index (χ0v) is 9.92. The number of allylic oxidation sites excluding steroid dienone is 1. The summed E-state index contributed by atoms with van der Waals surface area (Å²) in [6, 6.07) is 4.40. The zero-order valence-electron chi connectivity index (χ0n) is 9.92. The molecular formula is C13H14O5. The van der Waals surface area contributed by atoms with Gasteiger partial charge >= 0.3 is 11.9 Å². The molecule has 0 aliphatic rings. The van der Waals surface area contributed by atoms with Crippen LogP contribution in [0, 0.1) is 0 Å². The zero-order chi connectivity index (χ0) is 13.5. The Bertz CT molecular complexity index is 476. The van der Waals surface area contributed by atoms with Crippen molar-refractivity contribution >= 4 is 11.9 Å². The first kappa shape index (κ1) is 13.8. The summed E-state index contributed by atoms with van der Waals surface area (Å²) in [4.78, 5) is 22.1. The van der Waals surface area contributed by atoms with Gasteiger partial charge in [-0.15, -0.1) is 0 Å². The van der Waals surface area contributed by atoms with E-state index in [1.807, 2.05) is 0 Å². The summed E-state index contributed by atoms with van der Waals surface area (Å²) in [6.07, 6.45) is 3.56. The van der Waals surface area contributed by atoms with Gasteiger partial charge in [-0.3, -0.25) is 0 Å². The highest BCUT2D eigenvalue weighted by molar-refractivity contribution is 6.02.